The molecule has 0 bridgehead atoms. The van der Waals surface area contributed by atoms with E-state index in [1.54, 1.807) is 42.5 Å². The first kappa shape index (κ1) is 22.8. The zero-order valence-corrected chi connectivity index (χ0v) is 19.8. The van der Waals surface area contributed by atoms with Gasteiger partial charge in [0.15, 0.2) is 0 Å². The van der Waals surface area contributed by atoms with E-state index in [0.717, 1.165) is 31.5 Å². The molecule has 1 fully saturated rings. The second-order valence-electron chi connectivity index (χ2n) is 9.72. The molecule has 0 unspecified atom stereocenters. The molecule has 0 saturated carbocycles. The molecule has 0 amide bonds. The zero-order chi connectivity index (χ0) is 23.0. The normalized spacial score (nSPS) is 18.2. The lowest BCUT2D eigenvalue weighted by Crippen LogP contribution is -2.44. The summed E-state index contributed by atoms with van der Waals surface area (Å²) in [6.07, 6.45) is 2.22. The molecule has 7 heteroatoms. The van der Waals surface area contributed by atoms with Crippen molar-refractivity contribution in [1.82, 2.24) is 4.90 Å². The highest BCUT2D eigenvalue weighted by Gasteiger charge is 2.43. The Morgan fingerprint density at radius 3 is 2.41 bits per heavy atom. The van der Waals surface area contributed by atoms with Crippen molar-refractivity contribution < 1.29 is 22.7 Å². The summed E-state index contributed by atoms with van der Waals surface area (Å²) in [4.78, 5) is 14.8. The maximum absolute atomic E-state index is 13.0. The molecule has 2 aromatic carbocycles. The SMILES string of the molecule is CC(C)(C)OC(=O)CCN1CCC2(CC1)COc1cc(S(=O)(=O)c3ccccc3)ccc12. The standard InChI is InChI=1S/C25H31NO5S/c1-24(2,3)31-23(27)11-14-26-15-12-25(13-16-26)18-30-22-17-20(9-10-21(22)25)32(28,29)19-7-5-4-6-8-19/h4-10,17H,11-16,18H2,1-3H3. The van der Waals surface area contributed by atoms with Gasteiger partial charge in [0, 0.05) is 17.5 Å². The van der Waals surface area contributed by atoms with Crippen LogP contribution in [0.2, 0.25) is 0 Å². The molecular formula is C25H31NO5S. The summed E-state index contributed by atoms with van der Waals surface area (Å²) < 4.78 is 37.3. The first-order valence-electron chi connectivity index (χ1n) is 11.1. The average molecular weight is 458 g/mol. The van der Waals surface area contributed by atoms with Crippen molar-refractivity contribution in [1.29, 1.82) is 0 Å². The van der Waals surface area contributed by atoms with Crippen LogP contribution in [0.15, 0.2) is 58.3 Å². The Bertz CT molecular complexity index is 1080. The van der Waals surface area contributed by atoms with E-state index in [1.807, 2.05) is 26.8 Å². The number of fused-ring (bicyclic) bond motifs is 2. The van der Waals surface area contributed by atoms with E-state index in [9.17, 15) is 13.2 Å². The molecule has 4 rings (SSSR count). The zero-order valence-electron chi connectivity index (χ0n) is 19.0. The van der Waals surface area contributed by atoms with Crippen LogP contribution in [0.3, 0.4) is 0 Å². The number of ether oxygens (including phenoxy) is 2. The van der Waals surface area contributed by atoms with Crippen molar-refractivity contribution in [2.24, 2.45) is 0 Å². The van der Waals surface area contributed by atoms with Gasteiger partial charge in [0.25, 0.3) is 0 Å². The molecular weight excluding hydrogens is 426 g/mol. The molecule has 1 spiro atoms. The van der Waals surface area contributed by atoms with E-state index >= 15 is 0 Å². The Kier molecular flexibility index (Phi) is 6.07. The van der Waals surface area contributed by atoms with Crippen LogP contribution in [0.5, 0.6) is 5.75 Å². The maximum atomic E-state index is 13.0. The Hall–Kier alpha value is -2.38. The minimum Gasteiger partial charge on any atom is -0.492 e. The molecule has 6 nitrogen and oxygen atoms in total. The summed E-state index contributed by atoms with van der Waals surface area (Å²) in [6.45, 7) is 8.63. The van der Waals surface area contributed by atoms with E-state index in [-0.39, 0.29) is 21.2 Å². The molecule has 2 aliphatic heterocycles. The fraction of sp³-hybridized carbons (Fsp3) is 0.480. The van der Waals surface area contributed by atoms with Crippen LogP contribution in [0.4, 0.5) is 0 Å². The average Bonchev–Trinajstić information content (AvgIpc) is 3.10. The van der Waals surface area contributed by atoms with E-state index in [0.29, 0.717) is 25.3 Å². The minimum atomic E-state index is -3.57. The van der Waals surface area contributed by atoms with Crippen molar-refractivity contribution in [3.63, 3.8) is 0 Å². The van der Waals surface area contributed by atoms with Crippen LogP contribution in [-0.2, 0) is 24.8 Å². The van der Waals surface area contributed by atoms with E-state index in [1.165, 1.54) is 0 Å². The summed E-state index contributed by atoms with van der Waals surface area (Å²) in [5.74, 6) is 0.503. The van der Waals surface area contributed by atoms with E-state index in [4.69, 9.17) is 9.47 Å². The van der Waals surface area contributed by atoms with Gasteiger partial charge in [-0.25, -0.2) is 8.42 Å². The lowest BCUT2D eigenvalue weighted by molar-refractivity contribution is -0.155. The first-order chi connectivity index (χ1) is 15.1. The number of sulfone groups is 1. The largest absolute Gasteiger partial charge is 0.492 e. The smallest absolute Gasteiger partial charge is 0.307 e. The van der Waals surface area contributed by atoms with Crippen LogP contribution in [-0.4, -0.2) is 51.1 Å². The minimum absolute atomic E-state index is 0.0905. The van der Waals surface area contributed by atoms with Gasteiger partial charge in [-0.05, 0) is 71.0 Å². The lowest BCUT2D eigenvalue weighted by Gasteiger charge is -2.38. The predicted octanol–water partition coefficient (Wildman–Crippen LogP) is 3.98. The van der Waals surface area contributed by atoms with Crippen molar-refractivity contribution in [3.05, 3.63) is 54.1 Å². The highest BCUT2D eigenvalue weighted by atomic mass is 32.2. The number of likely N-dealkylation sites (tertiary alicyclic amines) is 1. The lowest BCUT2D eigenvalue weighted by atomic mass is 9.74. The monoisotopic (exact) mass is 457 g/mol. The molecule has 0 aliphatic carbocycles. The molecule has 0 atom stereocenters. The van der Waals surface area contributed by atoms with Gasteiger partial charge in [0.2, 0.25) is 9.84 Å². The molecule has 2 heterocycles. The number of esters is 1. The first-order valence-corrected chi connectivity index (χ1v) is 12.6. The maximum Gasteiger partial charge on any atom is 0.307 e. The number of nitrogens with zero attached hydrogens (tertiary/aromatic N) is 1. The highest BCUT2D eigenvalue weighted by Crippen LogP contribution is 2.46. The Morgan fingerprint density at radius 1 is 1.06 bits per heavy atom. The van der Waals surface area contributed by atoms with E-state index < -0.39 is 15.4 Å². The number of hydrogen-bond donors (Lipinski definition) is 0. The molecule has 2 aromatic rings. The summed E-state index contributed by atoms with van der Waals surface area (Å²) >= 11 is 0. The van der Waals surface area contributed by atoms with Crippen molar-refractivity contribution in [2.45, 2.75) is 60.8 Å². The van der Waals surface area contributed by atoms with Gasteiger partial charge in [-0.15, -0.1) is 0 Å². The molecule has 1 saturated heterocycles. The molecule has 32 heavy (non-hydrogen) atoms. The Balaban J connectivity index is 1.42. The van der Waals surface area contributed by atoms with Crippen LogP contribution in [0, 0.1) is 0 Å². The Labute approximate surface area is 190 Å². The second kappa shape index (κ2) is 8.52. The molecule has 172 valence electrons. The topological polar surface area (TPSA) is 72.9 Å². The van der Waals surface area contributed by atoms with Crippen molar-refractivity contribution in [2.75, 3.05) is 26.2 Å². The van der Waals surface area contributed by atoms with Crippen molar-refractivity contribution in [3.8, 4) is 5.75 Å². The number of carbonyl (C=O) groups excluding carboxylic acids is 1. The van der Waals surface area contributed by atoms with Gasteiger partial charge in [0.05, 0.1) is 22.8 Å². The summed E-state index contributed by atoms with van der Waals surface area (Å²) in [7, 11) is -3.57. The van der Waals surface area contributed by atoms with Crippen LogP contribution in [0.25, 0.3) is 0 Å². The molecule has 2 aliphatic rings. The van der Waals surface area contributed by atoms with Gasteiger partial charge >= 0.3 is 5.97 Å². The summed E-state index contributed by atoms with van der Waals surface area (Å²) in [5, 5.41) is 0. The third-order valence-corrected chi connectivity index (χ3v) is 8.02. The quantitative estimate of drug-likeness (QED) is 0.633. The van der Waals surface area contributed by atoms with Gasteiger partial charge in [0.1, 0.15) is 11.4 Å². The van der Waals surface area contributed by atoms with Crippen LogP contribution >= 0.6 is 0 Å². The second-order valence-corrected chi connectivity index (χ2v) is 11.7. The predicted molar refractivity (Wildman–Crippen MR) is 122 cm³/mol. The fourth-order valence-electron chi connectivity index (χ4n) is 4.52. The summed E-state index contributed by atoms with van der Waals surface area (Å²) in [5.41, 5.74) is 0.546. The summed E-state index contributed by atoms with van der Waals surface area (Å²) in [6, 6.07) is 13.8. The molecule has 0 N–H and O–H groups in total. The van der Waals surface area contributed by atoms with Gasteiger partial charge in [-0.2, -0.15) is 0 Å². The molecule has 0 aromatic heterocycles. The van der Waals surface area contributed by atoms with E-state index in [2.05, 4.69) is 4.90 Å². The van der Waals surface area contributed by atoms with Gasteiger partial charge < -0.3 is 14.4 Å². The fourth-order valence-corrected chi connectivity index (χ4v) is 5.81. The highest BCUT2D eigenvalue weighted by molar-refractivity contribution is 7.91. The number of benzene rings is 2. The molecule has 0 radical (unpaired) electrons. The number of piperidine rings is 1. The van der Waals surface area contributed by atoms with Crippen molar-refractivity contribution >= 4 is 15.8 Å². The van der Waals surface area contributed by atoms with Gasteiger partial charge in [-0.1, -0.05) is 24.3 Å². The Morgan fingerprint density at radius 2 is 1.75 bits per heavy atom. The number of carbonyl (C=O) groups is 1. The number of hydrogen-bond acceptors (Lipinski definition) is 6. The third kappa shape index (κ3) is 4.69. The number of rotatable bonds is 5. The third-order valence-electron chi connectivity index (χ3n) is 6.26. The van der Waals surface area contributed by atoms with Crippen LogP contribution < -0.4 is 4.74 Å². The van der Waals surface area contributed by atoms with Crippen LogP contribution in [0.1, 0.15) is 45.6 Å². The van der Waals surface area contributed by atoms with Gasteiger partial charge in [-0.3, -0.25) is 4.79 Å².